The molecule has 0 heterocycles. The largest absolute Gasteiger partial charge is 0.328 e. The van der Waals surface area contributed by atoms with Crippen LogP contribution in [0.3, 0.4) is 0 Å². The Labute approximate surface area is 78.4 Å². The molecular weight excluding hydrogens is 146 g/mol. The molecule has 0 aromatic carbocycles. The third kappa shape index (κ3) is 4.76. The third-order valence-corrected chi connectivity index (χ3v) is 2.61. The summed E-state index contributed by atoms with van der Waals surface area (Å²) >= 11 is 0. The number of unbranched alkanes of at least 4 members (excludes halogenated alkanes) is 1. The highest BCUT2D eigenvalue weighted by Gasteiger charge is 2.21. The van der Waals surface area contributed by atoms with Crippen molar-refractivity contribution in [2.45, 2.75) is 52.0 Å². The van der Waals surface area contributed by atoms with Gasteiger partial charge in [0.25, 0.3) is 0 Å². The maximum atomic E-state index is 2.32. The molecule has 0 aromatic rings. The van der Waals surface area contributed by atoms with Crippen LogP contribution in [0.5, 0.6) is 0 Å². The molecule has 1 heteroatoms. The van der Waals surface area contributed by atoms with Gasteiger partial charge in [-0.15, -0.1) is 0 Å². The minimum absolute atomic E-state index is 0.870. The van der Waals surface area contributed by atoms with Crippen molar-refractivity contribution in [3.63, 3.8) is 0 Å². The average Bonchev–Trinajstić information content (AvgIpc) is 1.95. The van der Waals surface area contributed by atoms with Crippen molar-refractivity contribution in [2.75, 3.05) is 21.1 Å². The van der Waals surface area contributed by atoms with Crippen molar-refractivity contribution in [3.05, 3.63) is 0 Å². The predicted molar refractivity (Wildman–Crippen MR) is 56.3 cm³/mol. The summed E-state index contributed by atoms with van der Waals surface area (Å²) in [6, 6.07) is 0.870. The summed E-state index contributed by atoms with van der Waals surface area (Å²) in [5, 5.41) is 0. The van der Waals surface area contributed by atoms with E-state index in [1.807, 2.05) is 0 Å². The first-order chi connectivity index (χ1) is 5.52. The van der Waals surface area contributed by atoms with Crippen molar-refractivity contribution in [3.8, 4) is 0 Å². The van der Waals surface area contributed by atoms with Gasteiger partial charge in [0.15, 0.2) is 0 Å². The second-order valence-corrected chi connectivity index (χ2v) is 4.70. The van der Waals surface area contributed by atoms with Gasteiger partial charge in [-0.2, -0.15) is 0 Å². The maximum Gasteiger partial charge on any atom is 0.0884 e. The molecule has 1 unspecified atom stereocenters. The minimum Gasteiger partial charge on any atom is -0.328 e. The van der Waals surface area contributed by atoms with Crippen molar-refractivity contribution < 1.29 is 4.48 Å². The Bertz CT molecular complexity index is 102. The molecule has 1 nitrogen and oxygen atoms in total. The highest BCUT2D eigenvalue weighted by molar-refractivity contribution is 4.56. The van der Waals surface area contributed by atoms with Crippen molar-refractivity contribution >= 4 is 0 Å². The van der Waals surface area contributed by atoms with Crippen LogP contribution in [0.4, 0.5) is 0 Å². The number of quaternary nitrogens is 1. The van der Waals surface area contributed by atoms with Crippen molar-refractivity contribution in [2.24, 2.45) is 0 Å². The molecule has 0 aliphatic carbocycles. The highest BCUT2D eigenvalue weighted by Crippen LogP contribution is 2.16. The Morgan fingerprint density at radius 2 is 1.50 bits per heavy atom. The van der Waals surface area contributed by atoms with Gasteiger partial charge >= 0.3 is 0 Å². The number of nitrogens with zero attached hydrogens (tertiary/aromatic N) is 1. The Balaban J connectivity index is 3.86. The molecule has 74 valence electrons. The average molecular weight is 172 g/mol. The van der Waals surface area contributed by atoms with Gasteiger partial charge in [-0.05, 0) is 19.3 Å². The molecule has 0 bridgehead atoms. The lowest BCUT2D eigenvalue weighted by molar-refractivity contribution is -0.896. The van der Waals surface area contributed by atoms with Crippen LogP contribution >= 0.6 is 0 Å². The van der Waals surface area contributed by atoms with Crippen LogP contribution in [-0.4, -0.2) is 31.7 Å². The van der Waals surface area contributed by atoms with E-state index < -0.39 is 0 Å². The van der Waals surface area contributed by atoms with Crippen LogP contribution in [0.15, 0.2) is 0 Å². The second-order valence-electron chi connectivity index (χ2n) is 4.70. The van der Waals surface area contributed by atoms with E-state index in [-0.39, 0.29) is 0 Å². The highest BCUT2D eigenvalue weighted by atomic mass is 15.3. The van der Waals surface area contributed by atoms with Crippen molar-refractivity contribution in [1.29, 1.82) is 0 Å². The molecule has 0 N–H and O–H groups in total. The van der Waals surface area contributed by atoms with E-state index in [1.54, 1.807) is 0 Å². The summed E-state index contributed by atoms with van der Waals surface area (Å²) in [6.45, 7) is 4.56. The summed E-state index contributed by atoms with van der Waals surface area (Å²) < 4.78 is 1.13. The molecule has 0 fully saturated rings. The zero-order valence-electron chi connectivity index (χ0n) is 9.56. The van der Waals surface area contributed by atoms with Gasteiger partial charge in [-0.25, -0.2) is 0 Å². The molecule has 0 spiro atoms. The van der Waals surface area contributed by atoms with Gasteiger partial charge in [-0.1, -0.05) is 26.7 Å². The lowest BCUT2D eigenvalue weighted by atomic mass is 10.0. The fourth-order valence-corrected chi connectivity index (χ4v) is 1.69. The molecule has 0 radical (unpaired) electrons. The number of hydrogen-bond acceptors (Lipinski definition) is 0. The molecule has 0 aromatic heterocycles. The topological polar surface area (TPSA) is 0 Å². The van der Waals surface area contributed by atoms with Crippen LogP contribution in [0.2, 0.25) is 0 Å². The normalized spacial score (nSPS) is 14.8. The zero-order valence-corrected chi connectivity index (χ0v) is 9.56. The number of rotatable bonds is 6. The fourth-order valence-electron chi connectivity index (χ4n) is 1.69. The first-order valence-electron chi connectivity index (χ1n) is 5.33. The van der Waals surface area contributed by atoms with E-state index in [4.69, 9.17) is 0 Å². The fraction of sp³-hybridized carbons (Fsp3) is 1.00. The van der Waals surface area contributed by atoms with Crippen LogP contribution in [0.1, 0.15) is 46.0 Å². The summed E-state index contributed by atoms with van der Waals surface area (Å²) in [6.07, 6.45) is 6.82. The Morgan fingerprint density at radius 1 is 0.917 bits per heavy atom. The van der Waals surface area contributed by atoms with Crippen LogP contribution in [0.25, 0.3) is 0 Å². The predicted octanol–water partition coefficient (Wildman–Crippen LogP) is 3.05. The van der Waals surface area contributed by atoms with E-state index in [1.165, 1.54) is 32.1 Å². The minimum atomic E-state index is 0.870. The van der Waals surface area contributed by atoms with Gasteiger partial charge in [-0.3, -0.25) is 0 Å². The summed E-state index contributed by atoms with van der Waals surface area (Å²) in [4.78, 5) is 0. The number of hydrogen-bond donors (Lipinski definition) is 0. The molecule has 0 saturated carbocycles. The third-order valence-electron chi connectivity index (χ3n) is 2.61. The summed E-state index contributed by atoms with van der Waals surface area (Å²) in [5.41, 5.74) is 0. The van der Waals surface area contributed by atoms with E-state index >= 15 is 0 Å². The Hall–Kier alpha value is -0.0400. The molecule has 0 rings (SSSR count). The lowest BCUT2D eigenvalue weighted by Crippen LogP contribution is -2.44. The van der Waals surface area contributed by atoms with Gasteiger partial charge in [0.1, 0.15) is 0 Å². The van der Waals surface area contributed by atoms with Crippen LogP contribution < -0.4 is 0 Å². The van der Waals surface area contributed by atoms with Gasteiger partial charge in [0.2, 0.25) is 0 Å². The van der Waals surface area contributed by atoms with E-state index in [0.717, 1.165) is 10.5 Å². The zero-order chi connectivity index (χ0) is 9.61. The summed E-state index contributed by atoms with van der Waals surface area (Å²) in [5.74, 6) is 0. The van der Waals surface area contributed by atoms with Crippen molar-refractivity contribution in [1.82, 2.24) is 0 Å². The smallest absolute Gasteiger partial charge is 0.0884 e. The molecule has 0 aliphatic heterocycles. The van der Waals surface area contributed by atoms with Crippen LogP contribution in [0, 0.1) is 0 Å². The van der Waals surface area contributed by atoms with Gasteiger partial charge in [0.05, 0.1) is 27.2 Å². The van der Waals surface area contributed by atoms with E-state index in [0.29, 0.717) is 0 Å². The van der Waals surface area contributed by atoms with E-state index in [9.17, 15) is 0 Å². The Morgan fingerprint density at radius 3 is 1.83 bits per heavy atom. The second kappa shape index (κ2) is 5.58. The van der Waals surface area contributed by atoms with E-state index in [2.05, 4.69) is 35.0 Å². The molecular formula is C11H26N+. The van der Waals surface area contributed by atoms with Gasteiger partial charge < -0.3 is 4.48 Å². The first-order valence-corrected chi connectivity index (χ1v) is 5.33. The first kappa shape index (κ1) is 12.0. The van der Waals surface area contributed by atoms with Crippen LogP contribution in [-0.2, 0) is 0 Å². The van der Waals surface area contributed by atoms with Gasteiger partial charge in [0, 0.05) is 0 Å². The summed E-state index contributed by atoms with van der Waals surface area (Å²) in [7, 11) is 6.95. The molecule has 0 aliphatic rings. The quantitative estimate of drug-likeness (QED) is 0.540. The monoisotopic (exact) mass is 172 g/mol. The molecule has 12 heavy (non-hydrogen) atoms. The molecule has 1 atom stereocenters. The molecule has 0 saturated heterocycles. The SMILES string of the molecule is CCCCC(CCC)[N+](C)(C)C. The molecule has 0 amide bonds. The Kier molecular flexibility index (Phi) is 5.56. The standard InChI is InChI=1S/C11H26N/c1-6-8-10-11(9-7-2)12(3,4)5/h11H,6-10H2,1-5H3/q+1. The lowest BCUT2D eigenvalue weighted by Gasteiger charge is -2.34. The maximum absolute atomic E-state index is 2.32.